The predicted molar refractivity (Wildman–Crippen MR) is 63.9 cm³/mol. The molecule has 0 aliphatic rings. The van der Waals surface area contributed by atoms with Gasteiger partial charge in [0.2, 0.25) is 0 Å². The normalized spacial score (nSPS) is 11.1. The molecule has 5 nitrogen and oxygen atoms in total. The predicted octanol–water partition coefficient (Wildman–Crippen LogP) is 0.400. The minimum Gasteiger partial charge on any atom is -0.467 e. The van der Waals surface area contributed by atoms with Crippen LogP contribution < -0.4 is 11.1 Å². The summed E-state index contributed by atoms with van der Waals surface area (Å²) in [6.07, 6.45) is 0. The molecule has 1 atom stereocenters. The van der Waals surface area contributed by atoms with Gasteiger partial charge in [0, 0.05) is 6.54 Å². The van der Waals surface area contributed by atoms with Crippen LogP contribution in [0.3, 0.4) is 0 Å². The Morgan fingerprint density at radius 2 is 2.31 bits per heavy atom. The number of methoxy groups -OCH3 is 1. The van der Waals surface area contributed by atoms with Gasteiger partial charge in [0.25, 0.3) is 5.91 Å². The summed E-state index contributed by atoms with van der Waals surface area (Å²) in [6, 6.07) is 2.64. The van der Waals surface area contributed by atoms with Gasteiger partial charge in [0.1, 0.15) is 6.04 Å². The van der Waals surface area contributed by atoms with Crippen molar-refractivity contribution in [3.63, 3.8) is 0 Å². The quantitative estimate of drug-likeness (QED) is 0.772. The molecule has 0 fully saturated rings. The van der Waals surface area contributed by atoms with E-state index < -0.39 is 12.0 Å². The van der Waals surface area contributed by atoms with Gasteiger partial charge < -0.3 is 15.8 Å². The molecule has 3 N–H and O–H groups in total. The van der Waals surface area contributed by atoms with E-state index in [-0.39, 0.29) is 24.9 Å². The van der Waals surface area contributed by atoms with E-state index in [1.807, 2.05) is 0 Å². The van der Waals surface area contributed by atoms with Crippen molar-refractivity contribution in [3.05, 3.63) is 22.4 Å². The Balaban J connectivity index is 0.00000225. The molecule has 0 bridgehead atoms. The number of hydrogen-bond acceptors (Lipinski definition) is 5. The highest BCUT2D eigenvalue weighted by Crippen LogP contribution is 2.08. The number of esters is 1. The Labute approximate surface area is 103 Å². The van der Waals surface area contributed by atoms with Gasteiger partial charge in [0.15, 0.2) is 0 Å². The van der Waals surface area contributed by atoms with Crippen LogP contribution >= 0.6 is 23.7 Å². The van der Waals surface area contributed by atoms with Crippen LogP contribution in [-0.2, 0) is 9.53 Å². The largest absolute Gasteiger partial charge is 0.467 e. The Morgan fingerprint density at radius 1 is 1.62 bits per heavy atom. The molecule has 1 aromatic rings. The molecule has 0 saturated heterocycles. The molecule has 0 radical (unpaired) electrons. The lowest BCUT2D eigenvalue weighted by Gasteiger charge is -2.13. The molecule has 1 amide bonds. The molecule has 0 aliphatic heterocycles. The van der Waals surface area contributed by atoms with Crippen LogP contribution in [0.1, 0.15) is 9.67 Å². The minimum atomic E-state index is -0.787. The lowest BCUT2D eigenvalue weighted by atomic mass is 10.3. The van der Waals surface area contributed by atoms with Gasteiger partial charge in [-0.15, -0.1) is 23.7 Å². The fraction of sp³-hybridized carbons (Fsp3) is 0.333. The van der Waals surface area contributed by atoms with Crippen LogP contribution in [0, 0.1) is 0 Å². The summed E-state index contributed by atoms with van der Waals surface area (Å²) in [5, 5.41) is 4.27. The summed E-state index contributed by atoms with van der Waals surface area (Å²) in [6.45, 7) is 0.0176. The van der Waals surface area contributed by atoms with Crippen molar-refractivity contribution < 1.29 is 14.3 Å². The van der Waals surface area contributed by atoms with Crippen LogP contribution in [0.25, 0.3) is 0 Å². The van der Waals surface area contributed by atoms with Crippen molar-refractivity contribution in [1.82, 2.24) is 5.32 Å². The lowest BCUT2D eigenvalue weighted by molar-refractivity contribution is -0.142. The molecular formula is C9H13ClN2O3S. The number of nitrogens with two attached hydrogens (primary N) is 1. The number of ether oxygens (including phenoxy) is 1. The third kappa shape index (κ3) is 3.80. The molecule has 16 heavy (non-hydrogen) atoms. The number of hydrogen-bond donors (Lipinski definition) is 2. The molecule has 0 saturated carbocycles. The molecule has 0 unspecified atom stereocenters. The van der Waals surface area contributed by atoms with E-state index in [4.69, 9.17) is 5.73 Å². The second-order valence-corrected chi connectivity index (χ2v) is 3.71. The van der Waals surface area contributed by atoms with Gasteiger partial charge in [-0.05, 0) is 11.4 Å². The fourth-order valence-electron chi connectivity index (χ4n) is 0.993. The Morgan fingerprint density at radius 3 is 2.75 bits per heavy atom. The van der Waals surface area contributed by atoms with Gasteiger partial charge in [-0.1, -0.05) is 6.07 Å². The van der Waals surface area contributed by atoms with Crippen LogP contribution in [0.15, 0.2) is 17.5 Å². The highest BCUT2D eigenvalue weighted by Gasteiger charge is 2.20. The van der Waals surface area contributed by atoms with Crippen molar-refractivity contribution in [1.29, 1.82) is 0 Å². The SMILES string of the molecule is COC(=O)[C@H](CN)NC(=O)c1cccs1.Cl. The third-order valence-corrected chi connectivity index (χ3v) is 2.64. The molecule has 0 aliphatic carbocycles. The van der Waals surface area contributed by atoms with E-state index in [1.54, 1.807) is 17.5 Å². The summed E-state index contributed by atoms with van der Waals surface area (Å²) in [4.78, 5) is 23.2. The van der Waals surface area contributed by atoms with Crippen molar-refractivity contribution in [3.8, 4) is 0 Å². The number of carbonyl (C=O) groups excluding carboxylic acids is 2. The number of carbonyl (C=O) groups is 2. The van der Waals surface area contributed by atoms with Crippen molar-refractivity contribution in [2.45, 2.75) is 6.04 Å². The molecule has 7 heteroatoms. The Bertz CT molecular complexity index is 343. The lowest BCUT2D eigenvalue weighted by Crippen LogP contribution is -2.46. The Kier molecular flexibility index (Phi) is 6.71. The average Bonchev–Trinajstić information content (AvgIpc) is 2.77. The second kappa shape index (κ2) is 7.21. The van der Waals surface area contributed by atoms with Gasteiger partial charge in [-0.25, -0.2) is 4.79 Å². The first-order valence-corrected chi connectivity index (χ1v) is 5.19. The van der Waals surface area contributed by atoms with E-state index in [9.17, 15) is 9.59 Å². The topological polar surface area (TPSA) is 81.4 Å². The van der Waals surface area contributed by atoms with Gasteiger partial charge >= 0.3 is 5.97 Å². The maximum Gasteiger partial charge on any atom is 0.329 e. The molecule has 1 rings (SSSR count). The van der Waals surface area contributed by atoms with Crippen molar-refractivity contribution in [2.75, 3.05) is 13.7 Å². The smallest absolute Gasteiger partial charge is 0.329 e. The zero-order chi connectivity index (χ0) is 11.3. The molecule has 1 aromatic heterocycles. The number of rotatable bonds is 4. The maximum atomic E-state index is 11.5. The molecule has 0 aromatic carbocycles. The van der Waals surface area contributed by atoms with Crippen LogP contribution in [0.4, 0.5) is 0 Å². The van der Waals surface area contributed by atoms with E-state index in [0.29, 0.717) is 4.88 Å². The number of amides is 1. The second-order valence-electron chi connectivity index (χ2n) is 2.76. The molecule has 1 heterocycles. The molecular weight excluding hydrogens is 252 g/mol. The first-order valence-electron chi connectivity index (χ1n) is 4.31. The van der Waals surface area contributed by atoms with E-state index in [2.05, 4.69) is 10.1 Å². The van der Waals surface area contributed by atoms with Crippen LogP contribution in [0.2, 0.25) is 0 Å². The van der Waals surface area contributed by atoms with Gasteiger partial charge in [0.05, 0.1) is 12.0 Å². The third-order valence-electron chi connectivity index (χ3n) is 1.77. The minimum absolute atomic E-state index is 0. The fourth-order valence-corrected chi connectivity index (χ4v) is 1.62. The summed E-state index contributed by atoms with van der Waals surface area (Å²) in [7, 11) is 1.25. The first kappa shape index (κ1) is 14.9. The van der Waals surface area contributed by atoms with E-state index in [1.165, 1.54) is 18.4 Å². The number of thiophene rings is 1. The van der Waals surface area contributed by atoms with Crippen molar-refractivity contribution in [2.24, 2.45) is 5.73 Å². The number of halogens is 1. The molecule has 90 valence electrons. The summed E-state index contributed by atoms with van der Waals surface area (Å²) < 4.78 is 4.49. The van der Waals surface area contributed by atoms with Crippen molar-refractivity contribution >= 4 is 35.6 Å². The average molecular weight is 265 g/mol. The Hall–Kier alpha value is -1.11. The zero-order valence-corrected chi connectivity index (χ0v) is 10.3. The van der Waals surface area contributed by atoms with Crippen LogP contribution in [0.5, 0.6) is 0 Å². The highest BCUT2D eigenvalue weighted by atomic mass is 35.5. The van der Waals surface area contributed by atoms with E-state index in [0.717, 1.165) is 0 Å². The van der Waals surface area contributed by atoms with E-state index >= 15 is 0 Å². The van der Waals surface area contributed by atoms with Gasteiger partial charge in [-0.2, -0.15) is 0 Å². The monoisotopic (exact) mass is 264 g/mol. The standard InChI is InChI=1S/C9H12N2O3S.ClH/c1-14-9(13)6(5-10)11-8(12)7-3-2-4-15-7;/h2-4,6H,5,10H2,1H3,(H,11,12);1H/t6-;/m0./s1. The highest BCUT2D eigenvalue weighted by molar-refractivity contribution is 7.12. The maximum absolute atomic E-state index is 11.5. The summed E-state index contributed by atoms with van der Waals surface area (Å²) in [5.74, 6) is -0.853. The first-order chi connectivity index (χ1) is 7.19. The molecule has 0 spiro atoms. The zero-order valence-electron chi connectivity index (χ0n) is 8.64. The number of nitrogens with one attached hydrogen (secondary N) is 1. The van der Waals surface area contributed by atoms with Crippen LogP contribution in [-0.4, -0.2) is 31.6 Å². The summed E-state index contributed by atoms with van der Waals surface area (Å²) in [5.41, 5.74) is 5.34. The summed E-state index contributed by atoms with van der Waals surface area (Å²) >= 11 is 1.30. The van der Waals surface area contributed by atoms with Gasteiger partial charge in [-0.3, -0.25) is 4.79 Å².